The van der Waals surface area contributed by atoms with E-state index in [4.69, 9.17) is 4.74 Å². The molecule has 2 aromatic rings. The second kappa shape index (κ2) is 9.25. The number of phenols is 2. The highest BCUT2D eigenvalue weighted by atomic mass is 16.5. The van der Waals surface area contributed by atoms with Gasteiger partial charge in [0.05, 0.1) is 0 Å². The van der Waals surface area contributed by atoms with Gasteiger partial charge in [0.25, 0.3) is 0 Å². The number of carbonyl (C=O) groups excluding carboxylic acids is 1. The minimum atomic E-state index is -0.0702. The highest BCUT2D eigenvalue weighted by Crippen LogP contribution is 2.40. The van der Waals surface area contributed by atoms with Crippen LogP contribution in [0.15, 0.2) is 36.4 Å². The summed E-state index contributed by atoms with van der Waals surface area (Å²) in [5, 5.41) is 20.7. The lowest BCUT2D eigenvalue weighted by Crippen LogP contribution is -2.26. The van der Waals surface area contributed by atoms with Crippen molar-refractivity contribution in [3.05, 3.63) is 47.5 Å². The average molecular weight is 357 g/mol. The standard InChI is InChI=1S/C21H27NO4/c1-4-16-17(11-8-12-26-14-20(25)22(2)3)21(19(24)13-18(16)23)15-9-6-5-7-10-15/h5-7,9-10,13,23-24H,4,8,11-12,14H2,1-3H3. The molecule has 0 saturated carbocycles. The van der Waals surface area contributed by atoms with E-state index in [1.807, 2.05) is 37.3 Å². The average Bonchev–Trinajstić information content (AvgIpc) is 2.61. The maximum absolute atomic E-state index is 11.5. The van der Waals surface area contributed by atoms with Gasteiger partial charge in [-0.15, -0.1) is 0 Å². The molecule has 2 aromatic carbocycles. The number of phenolic OH excluding ortho intramolecular Hbond substituents is 2. The highest BCUT2D eigenvalue weighted by molar-refractivity contribution is 5.77. The molecular weight excluding hydrogens is 330 g/mol. The number of nitrogens with zero attached hydrogens (tertiary/aromatic N) is 1. The summed E-state index contributed by atoms with van der Waals surface area (Å²) >= 11 is 0. The lowest BCUT2D eigenvalue weighted by molar-refractivity contribution is -0.133. The molecule has 0 spiro atoms. The number of hydrogen-bond donors (Lipinski definition) is 2. The molecule has 0 aliphatic rings. The zero-order valence-electron chi connectivity index (χ0n) is 15.7. The molecule has 5 nitrogen and oxygen atoms in total. The summed E-state index contributed by atoms with van der Waals surface area (Å²) < 4.78 is 5.44. The fourth-order valence-electron chi connectivity index (χ4n) is 2.99. The summed E-state index contributed by atoms with van der Waals surface area (Å²) in [4.78, 5) is 13.0. The summed E-state index contributed by atoms with van der Waals surface area (Å²) in [6.45, 7) is 2.48. The second-order valence-corrected chi connectivity index (χ2v) is 6.41. The first-order valence-corrected chi connectivity index (χ1v) is 8.85. The Balaban J connectivity index is 2.19. The van der Waals surface area contributed by atoms with Crippen LogP contribution in [0.2, 0.25) is 0 Å². The summed E-state index contributed by atoms with van der Waals surface area (Å²) in [5.74, 6) is 0.118. The number of ether oxygens (including phenoxy) is 1. The lowest BCUT2D eigenvalue weighted by Gasteiger charge is -2.18. The van der Waals surface area contributed by atoms with Crippen molar-refractivity contribution in [3.63, 3.8) is 0 Å². The third-order valence-electron chi connectivity index (χ3n) is 4.36. The number of amides is 1. The van der Waals surface area contributed by atoms with E-state index in [1.54, 1.807) is 14.1 Å². The molecule has 1 amide bonds. The fraction of sp³-hybridized carbons (Fsp3) is 0.381. The molecule has 0 radical (unpaired) electrons. The Hall–Kier alpha value is -2.53. The Morgan fingerprint density at radius 3 is 2.38 bits per heavy atom. The largest absolute Gasteiger partial charge is 0.508 e. The Morgan fingerprint density at radius 1 is 1.08 bits per heavy atom. The van der Waals surface area contributed by atoms with Crippen LogP contribution < -0.4 is 0 Å². The van der Waals surface area contributed by atoms with Gasteiger partial charge < -0.3 is 19.8 Å². The minimum Gasteiger partial charge on any atom is -0.508 e. The number of rotatable bonds is 8. The quantitative estimate of drug-likeness (QED) is 0.711. The summed E-state index contributed by atoms with van der Waals surface area (Å²) in [6.07, 6.45) is 2.00. The van der Waals surface area contributed by atoms with Crippen molar-refractivity contribution >= 4 is 5.91 Å². The molecule has 140 valence electrons. The molecule has 2 rings (SSSR count). The smallest absolute Gasteiger partial charge is 0.248 e. The van der Waals surface area contributed by atoms with E-state index in [0.717, 1.165) is 22.3 Å². The summed E-state index contributed by atoms with van der Waals surface area (Å²) in [7, 11) is 3.39. The molecule has 0 fully saturated rings. The van der Waals surface area contributed by atoms with E-state index >= 15 is 0 Å². The van der Waals surface area contributed by atoms with Gasteiger partial charge in [0, 0.05) is 32.3 Å². The molecule has 0 bridgehead atoms. The number of aromatic hydroxyl groups is 2. The van der Waals surface area contributed by atoms with Crippen LogP contribution in [0, 0.1) is 0 Å². The van der Waals surface area contributed by atoms with Crippen LogP contribution in [0.3, 0.4) is 0 Å². The first-order valence-electron chi connectivity index (χ1n) is 8.85. The van der Waals surface area contributed by atoms with Gasteiger partial charge in [-0.1, -0.05) is 37.3 Å². The van der Waals surface area contributed by atoms with Gasteiger partial charge in [-0.2, -0.15) is 0 Å². The Morgan fingerprint density at radius 2 is 1.77 bits per heavy atom. The number of carbonyl (C=O) groups is 1. The number of hydrogen-bond acceptors (Lipinski definition) is 4. The van der Waals surface area contributed by atoms with E-state index in [0.29, 0.717) is 25.9 Å². The van der Waals surface area contributed by atoms with Crippen LogP contribution >= 0.6 is 0 Å². The van der Waals surface area contributed by atoms with Crippen molar-refractivity contribution in [1.29, 1.82) is 0 Å². The van der Waals surface area contributed by atoms with Gasteiger partial charge in [0.1, 0.15) is 18.1 Å². The highest BCUT2D eigenvalue weighted by Gasteiger charge is 2.18. The van der Waals surface area contributed by atoms with E-state index in [1.165, 1.54) is 11.0 Å². The molecule has 0 aliphatic carbocycles. The normalized spacial score (nSPS) is 10.7. The molecule has 0 saturated heterocycles. The molecular formula is C21H27NO4. The van der Waals surface area contributed by atoms with Crippen LogP contribution in [0.1, 0.15) is 24.5 Å². The molecule has 5 heteroatoms. The van der Waals surface area contributed by atoms with Crippen molar-refractivity contribution in [2.24, 2.45) is 0 Å². The number of likely N-dealkylation sites (N-methyl/N-ethyl adjacent to an activating group) is 1. The van der Waals surface area contributed by atoms with Crippen molar-refractivity contribution in [2.75, 3.05) is 27.3 Å². The molecule has 26 heavy (non-hydrogen) atoms. The maximum Gasteiger partial charge on any atom is 0.248 e. The van der Waals surface area contributed by atoms with Crippen LogP contribution in [0.25, 0.3) is 11.1 Å². The molecule has 0 atom stereocenters. The third-order valence-corrected chi connectivity index (χ3v) is 4.36. The Labute approximate surface area is 154 Å². The van der Waals surface area contributed by atoms with E-state index in [-0.39, 0.29) is 24.0 Å². The zero-order valence-corrected chi connectivity index (χ0v) is 15.7. The van der Waals surface area contributed by atoms with E-state index < -0.39 is 0 Å². The van der Waals surface area contributed by atoms with Crippen molar-refractivity contribution in [3.8, 4) is 22.6 Å². The van der Waals surface area contributed by atoms with Gasteiger partial charge in [-0.25, -0.2) is 0 Å². The second-order valence-electron chi connectivity index (χ2n) is 6.41. The predicted octanol–water partition coefficient (Wildman–Crippen LogP) is 3.36. The van der Waals surface area contributed by atoms with Crippen molar-refractivity contribution in [1.82, 2.24) is 4.90 Å². The molecule has 2 N–H and O–H groups in total. The van der Waals surface area contributed by atoms with Crippen LogP contribution in [0.5, 0.6) is 11.5 Å². The molecule has 0 unspecified atom stereocenters. The molecule has 0 aromatic heterocycles. The first kappa shape index (κ1) is 19.8. The van der Waals surface area contributed by atoms with Gasteiger partial charge in [-0.05, 0) is 36.0 Å². The summed E-state index contributed by atoms with van der Waals surface area (Å²) in [5.41, 5.74) is 3.44. The van der Waals surface area contributed by atoms with Crippen molar-refractivity contribution < 1.29 is 19.7 Å². The van der Waals surface area contributed by atoms with Gasteiger partial charge in [0.15, 0.2) is 0 Å². The Bertz CT molecular complexity index is 741. The Kier molecular flexibility index (Phi) is 7.04. The summed E-state index contributed by atoms with van der Waals surface area (Å²) in [6, 6.07) is 11.1. The van der Waals surface area contributed by atoms with Gasteiger partial charge in [0.2, 0.25) is 5.91 Å². The van der Waals surface area contributed by atoms with Crippen LogP contribution in [0.4, 0.5) is 0 Å². The van der Waals surface area contributed by atoms with Gasteiger partial charge >= 0.3 is 0 Å². The first-order chi connectivity index (χ1) is 12.5. The maximum atomic E-state index is 11.5. The van der Waals surface area contributed by atoms with Crippen LogP contribution in [-0.4, -0.2) is 48.3 Å². The minimum absolute atomic E-state index is 0.0600. The predicted molar refractivity (Wildman–Crippen MR) is 102 cm³/mol. The molecule has 0 heterocycles. The van der Waals surface area contributed by atoms with E-state index in [2.05, 4.69) is 0 Å². The van der Waals surface area contributed by atoms with E-state index in [9.17, 15) is 15.0 Å². The number of benzene rings is 2. The zero-order chi connectivity index (χ0) is 19.1. The van der Waals surface area contributed by atoms with Crippen LogP contribution in [-0.2, 0) is 22.4 Å². The van der Waals surface area contributed by atoms with Crippen molar-refractivity contribution in [2.45, 2.75) is 26.2 Å². The topological polar surface area (TPSA) is 70.0 Å². The lowest BCUT2D eigenvalue weighted by atomic mass is 9.90. The molecule has 0 aliphatic heterocycles. The van der Waals surface area contributed by atoms with Gasteiger partial charge in [-0.3, -0.25) is 4.79 Å². The third kappa shape index (κ3) is 4.76. The monoisotopic (exact) mass is 357 g/mol. The fourth-order valence-corrected chi connectivity index (χ4v) is 2.99. The SMILES string of the molecule is CCc1c(O)cc(O)c(-c2ccccc2)c1CCCOCC(=O)N(C)C.